The van der Waals surface area contributed by atoms with Crippen molar-refractivity contribution >= 4 is 17.9 Å². The Balaban J connectivity index is 4.35. The maximum absolute atomic E-state index is 12.9. The fourth-order valence-electron chi connectivity index (χ4n) is 9.96. The number of esters is 3. The normalized spacial score (nSPS) is 12.4. The maximum Gasteiger partial charge on any atom is 0.306 e. The summed E-state index contributed by atoms with van der Waals surface area (Å²) in [5.74, 6) is -0.864. The molecule has 0 aliphatic carbocycles. The van der Waals surface area contributed by atoms with Gasteiger partial charge in [-0.05, 0) is 83.5 Å². The highest BCUT2D eigenvalue weighted by Crippen LogP contribution is 2.18. The SMILES string of the molecule is CC/C=C\C/C=C\C/C=C\C/C=C\CCCCCCCCCCC(=O)OCC(COC(=O)CCCCCCCCC/C=C\CCCCCCCC)OC(=O)CCCCCCCCCCCCCCCCCCCCCCC. The van der Waals surface area contributed by atoms with E-state index < -0.39 is 6.10 Å². The van der Waals surface area contributed by atoms with Crippen molar-refractivity contribution in [3.63, 3.8) is 0 Å². The van der Waals surface area contributed by atoms with Gasteiger partial charge in [0.25, 0.3) is 0 Å². The van der Waals surface area contributed by atoms with Gasteiger partial charge in [-0.3, -0.25) is 14.4 Å². The molecule has 0 N–H and O–H groups in total. The van der Waals surface area contributed by atoms with Gasteiger partial charge < -0.3 is 14.2 Å². The molecule has 0 aromatic heterocycles. The molecule has 6 heteroatoms. The molecule has 0 saturated carbocycles. The molecule has 0 fully saturated rings. The van der Waals surface area contributed by atoms with Crippen molar-refractivity contribution in [2.75, 3.05) is 13.2 Å². The summed E-state index contributed by atoms with van der Waals surface area (Å²) in [6, 6.07) is 0. The zero-order valence-electron chi connectivity index (χ0n) is 51.5. The minimum atomic E-state index is -0.779. The van der Waals surface area contributed by atoms with E-state index in [0.717, 1.165) is 89.9 Å². The second-order valence-electron chi connectivity index (χ2n) is 22.7. The Hall–Kier alpha value is -2.89. The Kier molecular flexibility index (Phi) is 63.2. The van der Waals surface area contributed by atoms with E-state index in [4.69, 9.17) is 14.2 Å². The van der Waals surface area contributed by atoms with Crippen molar-refractivity contribution in [2.45, 2.75) is 361 Å². The largest absolute Gasteiger partial charge is 0.462 e. The predicted octanol–water partition coefficient (Wildman–Crippen LogP) is 23.1. The van der Waals surface area contributed by atoms with Crippen molar-refractivity contribution in [1.82, 2.24) is 0 Å². The van der Waals surface area contributed by atoms with E-state index in [1.165, 1.54) is 225 Å². The molecule has 0 saturated heterocycles. The number of unbranched alkanes of at least 4 members (excludes halogenated alkanes) is 41. The van der Waals surface area contributed by atoms with E-state index in [2.05, 4.69) is 81.5 Å². The Labute approximate surface area is 479 Å². The van der Waals surface area contributed by atoms with E-state index in [-0.39, 0.29) is 31.1 Å². The van der Waals surface area contributed by atoms with E-state index in [9.17, 15) is 14.4 Å². The average molecular weight is 1080 g/mol. The minimum Gasteiger partial charge on any atom is -0.462 e. The van der Waals surface area contributed by atoms with Crippen LogP contribution >= 0.6 is 0 Å². The summed E-state index contributed by atoms with van der Waals surface area (Å²) < 4.78 is 17.0. The monoisotopic (exact) mass is 1080 g/mol. The lowest BCUT2D eigenvalue weighted by atomic mass is 10.0. The summed E-state index contributed by atoms with van der Waals surface area (Å²) >= 11 is 0. The van der Waals surface area contributed by atoms with Gasteiger partial charge in [-0.2, -0.15) is 0 Å². The van der Waals surface area contributed by atoms with E-state index in [1.54, 1.807) is 0 Å². The van der Waals surface area contributed by atoms with Crippen molar-refractivity contribution in [3.8, 4) is 0 Å². The van der Waals surface area contributed by atoms with Gasteiger partial charge in [0.2, 0.25) is 0 Å². The van der Waals surface area contributed by atoms with Crippen LogP contribution < -0.4 is 0 Å². The molecule has 0 heterocycles. The highest BCUT2D eigenvalue weighted by molar-refractivity contribution is 5.71. The van der Waals surface area contributed by atoms with Gasteiger partial charge in [-0.15, -0.1) is 0 Å². The van der Waals surface area contributed by atoms with Crippen LogP contribution in [0.4, 0.5) is 0 Å². The Morgan fingerprint density at radius 1 is 0.273 bits per heavy atom. The molecular weight excluding hydrogens is 949 g/mol. The van der Waals surface area contributed by atoms with E-state index >= 15 is 0 Å². The first kappa shape index (κ1) is 74.1. The molecule has 0 spiro atoms. The number of carbonyl (C=O) groups is 3. The lowest BCUT2D eigenvalue weighted by Gasteiger charge is -2.18. The van der Waals surface area contributed by atoms with E-state index in [1.807, 2.05) is 0 Å². The first-order valence-electron chi connectivity index (χ1n) is 33.8. The molecule has 1 unspecified atom stereocenters. The van der Waals surface area contributed by atoms with Crippen LogP contribution in [0.15, 0.2) is 60.8 Å². The average Bonchev–Trinajstić information content (AvgIpc) is 3.43. The first-order valence-corrected chi connectivity index (χ1v) is 33.8. The molecule has 0 amide bonds. The molecule has 77 heavy (non-hydrogen) atoms. The highest BCUT2D eigenvalue weighted by Gasteiger charge is 2.19. The van der Waals surface area contributed by atoms with Gasteiger partial charge in [0.05, 0.1) is 0 Å². The van der Waals surface area contributed by atoms with Crippen molar-refractivity contribution in [1.29, 1.82) is 0 Å². The molecular formula is C71H128O6. The first-order chi connectivity index (χ1) is 38.0. The smallest absolute Gasteiger partial charge is 0.306 e. The zero-order chi connectivity index (χ0) is 55.7. The summed E-state index contributed by atoms with van der Waals surface area (Å²) in [6.07, 6.45) is 83.7. The summed E-state index contributed by atoms with van der Waals surface area (Å²) in [4.78, 5) is 38.4. The molecule has 0 rings (SSSR count). The van der Waals surface area contributed by atoms with Crippen LogP contribution in [0.1, 0.15) is 355 Å². The van der Waals surface area contributed by atoms with Crippen LogP contribution in [0.3, 0.4) is 0 Å². The fraction of sp³-hybridized carbons (Fsp3) is 0.817. The molecule has 0 radical (unpaired) electrons. The van der Waals surface area contributed by atoms with Gasteiger partial charge >= 0.3 is 17.9 Å². The molecule has 0 aliphatic heterocycles. The number of rotatable bonds is 62. The third-order valence-corrected chi connectivity index (χ3v) is 15.0. The summed E-state index contributed by atoms with van der Waals surface area (Å²) in [5, 5.41) is 0. The van der Waals surface area contributed by atoms with Gasteiger partial charge in [-0.1, -0.05) is 313 Å². The predicted molar refractivity (Wildman–Crippen MR) is 335 cm³/mol. The third kappa shape index (κ3) is 63.8. The molecule has 6 nitrogen and oxygen atoms in total. The van der Waals surface area contributed by atoms with Crippen molar-refractivity contribution in [2.24, 2.45) is 0 Å². The molecule has 0 aromatic rings. The van der Waals surface area contributed by atoms with Crippen LogP contribution in [0.25, 0.3) is 0 Å². The van der Waals surface area contributed by atoms with Crippen LogP contribution in [-0.4, -0.2) is 37.2 Å². The van der Waals surface area contributed by atoms with Crippen LogP contribution in [0.2, 0.25) is 0 Å². The Bertz CT molecular complexity index is 1380. The zero-order valence-corrected chi connectivity index (χ0v) is 51.5. The number of hydrogen-bond donors (Lipinski definition) is 0. The highest BCUT2D eigenvalue weighted by atomic mass is 16.6. The maximum atomic E-state index is 12.9. The van der Waals surface area contributed by atoms with Crippen LogP contribution in [0.5, 0.6) is 0 Å². The standard InChI is InChI=1S/C71H128O6/c1-4-7-10-13-16-19-22-25-28-31-33-35-37-40-43-46-49-52-55-58-61-64-70(73)76-67-68(66-75-69(72)63-60-57-54-51-48-45-42-39-30-27-24-21-18-15-12-9-6-3)77-71(74)65-62-59-56-53-50-47-44-41-38-36-34-32-29-26-23-20-17-14-11-8-5-2/h7,10,16,19,25,27-28,30,33,35,68H,4-6,8-9,11-15,17-18,20-24,26,29,31-32,34,36-67H2,1-3H3/b10-7-,19-16-,28-25-,30-27-,35-33-. The number of carbonyl (C=O) groups excluding carboxylic acids is 3. The molecule has 448 valence electrons. The summed E-state index contributed by atoms with van der Waals surface area (Å²) in [6.45, 7) is 6.58. The minimum absolute atomic E-state index is 0.0754. The number of hydrogen-bond acceptors (Lipinski definition) is 6. The van der Waals surface area contributed by atoms with Gasteiger partial charge in [0, 0.05) is 19.3 Å². The summed E-state index contributed by atoms with van der Waals surface area (Å²) in [7, 11) is 0. The lowest BCUT2D eigenvalue weighted by Crippen LogP contribution is -2.30. The molecule has 0 aromatic carbocycles. The van der Waals surface area contributed by atoms with E-state index in [0.29, 0.717) is 19.3 Å². The van der Waals surface area contributed by atoms with Crippen LogP contribution in [-0.2, 0) is 28.6 Å². The Morgan fingerprint density at radius 2 is 0.506 bits per heavy atom. The second kappa shape index (κ2) is 65.6. The summed E-state index contributed by atoms with van der Waals surface area (Å²) in [5.41, 5.74) is 0. The van der Waals surface area contributed by atoms with Gasteiger partial charge in [0.1, 0.15) is 13.2 Å². The van der Waals surface area contributed by atoms with Crippen molar-refractivity contribution < 1.29 is 28.6 Å². The van der Waals surface area contributed by atoms with Crippen LogP contribution in [0, 0.1) is 0 Å². The Morgan fingerprint density at radius 3 is 0.805 bits per heavy atom. The quantitative estimate of drug-likeness (QED) is 0.0261. The third-order valence-electron chi connectivity index (χ3n) is 15.0. The fourth-order valence-corrected chi connectivity index (χ4v) is 9.96. The van der Waals surface area contributed by atoms with Gasteiger partial charge in [-0.25, -0.2) is 0 Å². The molecule has 1 atom stereocenters. The topological polar surface area (TPSA) is 78.9 Å². The second-order valence-corrected chi connectivity index (χ2v) is 22.7. The van der Waals surface area contributed by atoms with Gasteiger partial charge in [0.15, 0.2) is 6.10 Å². The number of allylic oxidation sites excluding steroid dienone is 10. The molecule has 0 aliphatic rings. The van der Waals surface area contributed by atoms with Crippen molar-refractivity contribution in [3.05, 3.63) is 60.8 Å². The lowest BCUT2D eigenvalue weighted by molar-refractivity contribution is -0.167. The number of ether oxygens (including phenoxy) is 3. The molecule has 0 bridgehead atoms.